The molecule has 1 aliphatic heterocycles. The first kappa shape index (κ1) is 21.9. The minimum atomic E-state index is 0.00721. The van der Waals surface area contributed by atoms with Gasteiger partial charge < -0.3 is 14.4 Å². The molecule has 7 heteroatoms. The lowest BCUT2D eigenvalue weighted by atomic mass is 9.97. The highest BCUT2D eigenvalue weighted by molar-refractivity contribution is 5.92. The molecular formula is C25H30N4O3. The fourth-order valence-corrected chi connectivity index (χ4v) is 4.03. The summed E-state index contributed by atoms with van der Waals surface area (Å²) in [6, 6.07) is 11.6. The fourth-order valence-electron chi connectivity index (χ4n) is 4.03. The summed E-state index contributed by atoms with van der Waals surface area (Å²) in [5.74, 6) is 2.54. The number of carbonyl (C=O) groups is 1. The molecule has 3 heterocycles. The monoisotopic (exact) mass is 434 g/mol. The predicted octanol–water partition coefficient (Wildman–Crippen LogP) is 4.34. The van der Waals surface area contributed by atoms with Crippen LogP contribution in [-0.2, 0) is 4.79 Å². The standard InChI is InChI=1S/C25H30N4O3/c1-3-16-32-21-12-10-19(17-22(21)31-4-2)11-13-24(30)28-14-7-8-20(18-28)25-27-26-23-9-5-6-15-29(23)25/h5-6,9-13,15,17,20H,3-4,7-8,14,16,18H2,1-2H3/b13-11+. The second-order valence-electron chi connectivity index (χ2n) is 7.93. The molecule has 0 aliphatic carbocycles. The van der Waals surface area contributed by atoms with Gasteiger partial charge in [0, 0.05) is 31.3 Å². The molecule has 1 aliphatic rings. The second kappa shape index (κ2) is 10.3. The lowest BCUT2D eigenvalue weighted by Gasteiger charge is -2.31. The van der Waals surface area contributed by atoms with E-state index in [4.69, 9.17) is 9.47 Å². The Bertz CT molecular complexity index is 1090. The van der Waals surface area contributed by atoms with E-state index in [1.165, 1.54) is 0 Å². The Morgan fingerprint density at radius 3 is 2.91 bits per heavy atom. The van der Waals surface area contributed by atoms with Gasteiger partial charge in [0.15, 0.2) is 17.1 Å². The van der Waals surface area contributed by atoms with E-state index in [0.29, 0.717) is 25.5 Å². The molecule has 1 amide bonds. The molecule has 2 aromatic heterocycles. The van der Waals surface area contributed by atoms with Gasteiger partial charge >= 0.3 is 0 Å². The fraction of sp³-hybridized carbons (Fsp3) is 0.400. The molecule has 7 nitrogen and oxygen atoms in total. The summed E-state index contributed by atoms with van der Waals surface area (Å²) in [5, 5.41) is 8.66. The van der Waals surface area contributed by atoms with E-state index in [0.717, 1.165) is 48.6 Å². The third kappa shape index (κ3) is 4.93. The number of ether oxygens (including phenoxy) is 2. The molecule has 0 N–H and O–H groups in total. The van der Waals surface area contributed by atoms with Gasteiger partial charge in [0.2, 0.25) is 5.91 Å². The molecule has 168 valence electrons. The average Bonchev–Trinajstić information content (AvgIpc) is 3.26. The summed E-state index contributed by atoms with van der Waals surface area (Å²) in [7, 11) is 0. The number of aromatic nitrogens is 3. The molecule has 32 heavy (non-hydrogen) atoms. The summed E-state index contributed by atoms with van der Waals surface area (Å²) in [6.45, 7) is 6.62. The van der Waals surface area contributed by atoms with Gasteiger partial charge in [-0.05, 0) is 62.1 Å². The van der Waals surface area contributed by atoms with Crippen molar-refractivity contribution in [2.24, 2.45) is 0 Å². The average molecular weight is 435 g/mol. The zero-order valence-corrected chi connectivity index (χ0v) is 18.7. The Labute approximate surface area is 188 Å². The van der Waals surface area contributed by atoms with Crippen molar-refractivity contribution in [2.75, 3.05) is 26.3 Å². The molecule has 3 aromatic rings. The number of hydrogen-bond donors (Lipinski definition) is 0. The largest absolute Gasteiger partial charge is 0.490 e. The van der Waals surface area contributed by atoms with E-state index in [2.05, 4.69) is 17.1 Å². The highest BCUT2D eigenvalue weighted by Gasteiger charge is 2.27. The summed E-state index contributed by atoms with van der Waals surface area (Å²) in [6.07, 6.45) is 8.34. The first-order chi connectivity index (χ1) is 15.7. The van der Waals surface area contributed by atoms with Crippen molar-refractivity contribution in [1.29, 1.82) is 0 Å². The number of likely N-dealkylation sites (tertiary alicyclic amines) is 1. The highest BCUT2D eigenvalue weighted by atomic mass is 16.5. The Morgan fingerprint density at radius 2 is 2.06 bits per heavy atom. The van der Waals surface area contributed by atoms with Crippen LogP contribution < -0.4 is 9.47 Å². The van der Waals surface area contributed by atoms with Crippen molar-refractivity contribution in [3.05, 3.63) is 60.1 Å². The molecule has 4 rings (SSSR count). The summed E-state index contributed by atoms with van der Waals surface area (Å²) >= 11 is 0. The van der Waals surface area contributed by atoms with Crippen LogP contribution in [0, 0.1) is 0 Å². The van der Waals surface area contributed by atoms with Crippen LogP contribution in [0.3, 0.4) is 0 Å². The summed E-state index contributed by atoms with van der Waals surface area (Å²) in [5.41, 5.74) is 1.74. The first-order valence-electron chi connectivity index (χ1n) is 11.4. The molecule has 1 aromatic carbocycles. The molecule has 1 saturated heterocycles. The van der Waals surface area contributed by atoms with Crippen LogP contribution in [0.1, 0.15) is 50.4 Å². The second-order valence-corrected chi connectivity index (χ2v) is 7.93. The lowest BCUT2D eigenvalue weighted by molar-refractivity contribution is -0.127. The van der Waals surface area contributed by atoms with Gasteiger partial charge in [-0.15, -0.1) is 10.2 Å². The molecule has 0 radical (unpaired) electrons. The normalized spacial score (nSPS) is 16.6. The van der Waals surface area contributed by atoms with Gasteiger partial charge in [0.05, 0.1) is 13.2 Å². The number of amides is 1. The van der Waals surface area contributed by atoms with Gasteiger partial charge in [0.1, 0.15) is 5.82 Å². The Kier molecular flexibility index (Phi) is 7.04. The number of fused-ring (bicyclic) bond motifs is 1. The number of piperidine rings is 1. The number of carbonyl (C=O) groups excluding carboxylic acids is 1. The van der Waals surface area contributed by atoms with Gasteiger partial charge in [-0.1, -0.05) is 19.1 Å². The van der Waals surface area contributed by atoms with E-state index in [1.807, 2.05) is 64.9 Å². The molecule has 0 bridgehead atoms. The highest BCUT2D eigenvalue weighted by Crippen LogP contribution is 2.30. The van der Waals surface area contributed by atoms with Crippen LogP contribution >= 0.6 is 0 Å². The molecular weight excluding hydrogens is 404 g/mol. The van der Waals surface area contributed by atoms with E-state index < -0.39 is 0 Å². The van der Waals surface area contributed by atoms with E-state index in [1.54, 1.807) is 6.08 Å². The lowest BCUT2D eigenvalue weighted by Crippen LogP contribution is -2.38. The predicted molar refractivity (Wildman–Crippen MR) is 124 cm³/mol. The Balaban J connectivity index is 1.44. The van der Waals surface area contributed by atoms with Crippen molar-refractivity contribution in [3.63, 3.8) is 0 Å². The molecule has 1 atom stereocenters. The molecule has 0 saturated carbocycles. The quantitative estimate of drug-likeness (QED) is 0.494. The minimum absolute atomic E-state index is 0.00721. The van der Waals surface area contributed by atoms with Crippen molar-refractivity contribution in [1.82, 2.24) is 19.5 Å². The van der Waals surface area contributed by atoms with Crippen molar-refractivity contribution in [2.45, 2.75) is 39.0 Å². The summed E-state index contributed by atoms with van der Waals surface area (Å²) in [4.78, 5) is 14.8. The van der Waals surface area contributed by atoms with E-state index in [9.17, 15) is 4.79 Å². The molecule has 1 fully saturated rings. The van der Waals surface area contributed by atoms with Crippen LogP contribution in [0.4, 0.5) is 0 Å². The van der Waals surface area contributed by atoms with Crippen molar-refractivity contribution >= 4 is 17.6 Å². The first-order valence-corrected chi connectivity index (χ1v) is 11.4. The van der Waals surface area contributed by atoms with E-state index >= 15 is 0 Å². The van der Waals surface area contributed by atoms with Crippen LogP contribution in [-0.4, -0.2) is 51.7 Å². The van der Waals surface area contributed by atoms with Crippen LogP contribution in [0.25, 0.3) is 11.7 Å². The summed E-state index contributed by atoms with van der Waals surface area (Å²) < 4.78 is 13.5. The number of benzene rings is 1. The van der Waals surface area contributed by atoms with Crippen LogP contribution in [0.2, 0.25) is 0 Å². The minimum Gasteiger partial charge on any atom is -0.490 e. The maximum absolute atomic E-state index is 12.9. The number of hydrogen-bond acceptors (Lipinski definition) is 5. The van der Waals surface area contributed by atoms with Crippen molar-refractivity contribution in [3.8, 4) is 11.5 Å². The molecule has 0 spiro atoms. The van der Waals surface area contributed by atoms with Gasteiger partial charge in [-0.3, -0.25) is 9.20 Å². The number of rotatable bonds is 8. The van der Waals surface area contributed by atoms with Gasteiger partial charge in [-0.2, -0.15) is 0 Å². The zero-order valence-electron chi connectivity index (χ0n) is 18.7. The van der Waals surface area contributed by atoms with Crippen LogP contribution in [0.5, 0.6) is 11.5 Å². The smallest absolute Gasteiger partial charge is 0.246 e. The Morgan fingerprint density at radius 1 is 1.16 bits per heavy atom. The van der Waals surface area contributed by atoms with E-state index in [-0.39, 0.29) is 11.8 Å². The maximum atomic E-state index is 12.9. The third-order valence-electron chi connectivity index (χ3n) is 5.59. The SMILES string of the molecule is CCCOc1ccc(/C=C/C(=O)N2CCCC(c3nnc4ccccn34)C2)cc1OCC. The molecule has 1 unspecified atom stereocenters. The zero-order chi connectivity index (χ0) is 22.3. The van der Waals surface area contributed by atoms with Gasteiger partial charge in [0.25, 0.3) is 0 Å². The Hall–Kier alpha value is -3.35. The maximum Gasteiger partial charge on any atom is 0.246 e. The third-order valence-corrected chi connectivity index (χ3v) is 5.59. The number of nitrogens with zero attached hydrogens (tertiary/aromatic N) is 4. The van der Waals surface area contributed by atoms with Crippen LogP contribution in [0.15, 0.2) is 48.7 Å². The topological polar surface area (TPSA) is 69.0 Å². The van der Waals surface area contributed by atoms with Crippen molar-refractivity contribution < 1.29 is 14.3 Å². The number of pyridine rings is 1. The van der Waals surface area contributed by atoms with Gasteiger partial charge in [-0.25, -0.2) is 0 Å².